The lowest BCUT2D eigenvalue weighted by Crippen LogP contribution is -2.07. The molecule has 44 valence electrons. The molecule has 0 atom stereocenters. The largest absolute Gasteiger partial charge is 0.400 e. The van der Waals surface area contributed by atoms with E-state index in [9.17, 15) is 4.79 Å². The highest BCUT2D eigenvalue weighted by atomic mass is 16.2. The van der Waals surface area contributed by atoms with Gasteiger partial charge in [-0.25, -0.2) is 0 Å². The SMILES string of the molecule is CCNC=O.CO. The molecule has 0 aromatic rings. The van der Waals surface area contributed by atoms with E-state index in [2.05, 4.69) is 5.32 Å². The van der Waals surface area contributed by atoms with Crippen molar-refractivity contribution in [2.75, 3.05) is 13.7 Å². The molecule has 0 aliphatic heterocycles. The predicted molar refractivity (Wildman–Crippen MR) is 27.9 cm³/mol. The minimum absolute atomic E-state index is 0.681. The third-order valence-electron chi connectivity index (χ3n) is 0.287. The number of hydrogen-bond acceptors (Lipinski definition) is 2. The quantitative estimate of drug-likeness (QED) is 0.459. The van der Waals surface area contributed by atoms with Crippen LogP contribution in [0, 0.1) is 0 Å². The highest BCUT2D eigenvalue weighted by Crippen LogP contribution is 1.37. The zero-order valence-electron chi connectivity index (χ0n) is 4.64. The van der Waals surface area contributed by atoms with E-state index in [1.165, 1.54) is 0 Å². The van der Waals surface area contributed by atoms with Gasteiger partial charge >= 0.3 is 0 Å². The molecule has 2 N–H and O–H groups in total. The van der Waals surface area contributed by atoms with Crippen LogP contribution in [0.4, 0.5) is 0 Å². The highest BCUT2D eigenvalue weighted by molar-refractivity contribution is 5.45. The third-order valence-corrected chi connectivity index (χ3v) is 0.287. The first-order valence-corrected chi connectivity index (χ1v) is 2.03. The molecular weight excluding hydrogens is 94.0 g/mol. The normalized spacial score (nSPS) is 5.57. The number of hydrogen-bond donors (Lipinski definition) is 2. The Morgan fingerprint density at radius 3 is 2.14 bits per heavy atom. The second kappa shape index (κ2) is 18.0. The van der Waals surface area contributed by atoms with Gasteiger partial charge in [0.1, 0.15) is 0 Å². The molecule has 3 nitrogen and oxygen atoms in total. The van der Waals surface area contributed by atoms with Crippen molar-refractivity contribution in [1.29, 1.82) is 0 Å². The average molecular weight is 105 g/mol. The summed E-state index contributed by atoms with van der Waals surface area (Å²) < 4.78 is 0. The zero-order chi connectivity index (χ0) is 6.12. The molecule has 0 aliphatic rings. The van der Waals surface area contributed by atoms with Gasteiger partial charge in [0, 0.05) is 13.7 Å². The Bertz CT molecular complexity index is 30.9. The van der Waals surface area contributed by atoms with E-state index < -0.39 is 0 Å². The van der Waals surface area contributed by atoms with E-state index in [0.717, 1.165) is 13.7 Å². The number of amides is 1. The summed E-state index contributed by atoms with van der Waals surface area (Å²) in [4.78, 5) is 9.29. The van der Waals surface area contributed by atoms with Crippen LogP contribution in [-0.2, 0) is 4.79 Å². The number of rotatable bonds is 2. The minimum Gasteiger partial charge on any atom is -0.400 e. The molecule has 0 bridgehead atoms. The van der Waals surface area contributed by atoms with Crippen molar-refractivity contribution in [3.63, 3.8) is 0 Å². The molecule has 0 saturated heterocycles. The van der Waals surface area contributed by atoms with Crippen molar-refractivity contribution in [1.82, 2.24) is 5.32 Å². The summed E-state index contributed by atoms with van der Waals surface area (Å²) in [6, 6.07) is 0. The first-order valence-electron chi connectivity index (χ1n) is 2.03. The van der Waals surface area contributed by atoms with Crippen LogP contribution in [0.1, 0.15) is 6.92 Å². The van der Waals surface area contributed by atoms with E-state index >= 15 is 0 Å². The molecule has 0 fully saturated rings. The van der Waals surface area contributed by atoms with Crippen molar-refractivity contribution in [3.8, 4) is 0 Å². The average Bonchev–Trinajstić information content (AvgIpc) is 1.75. The number of aliphatic hydroxyl groups excluding tert-OH is 1. The van der Waals surface area contributed by atoms with Crippen LogP contribution in [0.5, 0.6) is 0 Å². The lowest BCUT2D eigenvalue weighted by Gasteiger charge is -1.78. The van der Waals surface area contributed by atoms with E-state index in [1.807, 2.05) is 6.92 Å². The molecule has 0 heterocycles. The molecule has 1 amide bonds. The number of carbonyl (C=O) groups excluding carboxylic acids is 1. The van der Waals surface area contributed by atoms with E-state index in [4.69, 9.17) is 5.11 Å². The summed E-state index contributed by atoms with van der Waals surface area (Å²) in [6.07, 6.45) is 0.681. The van der Waals surface area contributed by atoms with E-state index in [0.29, 0.717) is 6.41 Å². The smallest absolute Gasteiger partial charge is 0.207 e. The lowest BCUT2D eigenvalue weighted by atomic mass is 10.8. The monoisotopic (exact) mass is 105 g/mol. The molecular formula is C4H11NO2. The molecule has 0 aromatic heterocycles. The molecule has 0 aromatic carbocycles. The Morgan fingerprint density at radius 2 is 2.14 bits per heavy atom. The van der Waals surface area contributed by atoms with Gasteiger partial charge in [0.05, 0.1) is 0 Å². The Hall–Kier alpha value is -0.570. The Kier molecular flexibility index (Phi) is 24.9. The number of nitrogens with one attached hydrogen (secondary N) is 1. The summed E-state index contributed by atoms with van der Waals surface area (Å²) in [7, 11) is 1.00. The van der Waals surface area contributed by atoms with Gasteiger partial charge in [-0.15, -0.1) is 0 Å². The van der Waals surface area contributed by atoms with Gasteiger partial charge < -0.3 is 10.4 Å². The minimum atomic E-state index is 0.681. The zero-order valence-corrected chi connectivity index (χ0v) is 4.64. The maximum atomic E-state index is 9.29. The second-order valence-corrected chi connectivity index (χ2v) is 0.676. The van der Waals surface area contributed by atoms with Crippen molar-refractivity contribution in [2.45, 2.75) is 6.92 Å². The van der Waals surface area contributed by atoms with Gasteiger partial charge in [0.2, 0.25) is 6.41 Å². The summed E-state index contributed by atoms with van der Waals surface area (Å²) in [5, 5.41) is 9.43. The first kappa shape index (κ1) is 9.66. The fraction of sp³-hybridized carbons (Fsp3) is 0.750. The summed E-state index contributed by atoms with van der Waals surface area (Å²) in [6.45, 7) is 2.60. The fourth-order valence-corrected chi connectivity index (χ4v) is 0.0833. The van der Waals surface area contributed by atoms with Gasteiger partial charge in [0.15, 0.2) is 0 Å². The van der Waals surface area contributed by atoms with E-state index in [1.54, 1.807) is 0 Å². The molecule has 0 rings (SSSR count). The molecule has 0 saturated carbocycles. The van der Waals surface area contributed by atoms with Crippen LogP contribution < -0.4 is 5.32 Å². The highest BCUT2D eigenvalue weighted by Gasteiger charge is 1.59. The first-order chi connectivity index (χ1) is 3.41. The molecule has 0 aliphatic carbocycles. The van der Waals surface area contributed by atoms with Crippen LogP contribution >= 0.6 is 0 Å². The Morgan fingerprint density at radius 1 is 1.71 bits per heavy atom. The Labute approximate surface area is 43.3 Å². The van der Waals surface area contributed by atoms with Crippen LogP contribution in [0.25, 0.3) is 0 Å². The van der Waals surface area contributed by atoms with Crippen LogP contribution in [0.15, 0.2) is 0 Å². The second-order valence-electron chi connectivity index (χ2n) is 0.676. The molecule has 7 heavy (non-hydrogen) atoms. The predicted octanol–water partition coefficient (Wildman–Crippen LogP) is -0.639. The maximum Gasteiger partial charge on any atom is 0.207 e. The van der Waals surface area contributed by atoms with Crippen LogP contribution in [0.3, 0.4) is 0 Å². The van der Waals surface area contributed by atoms with Crippen LogP contribution in [-0.4, -0.2) is 25.2 Å². The lowest BCUT2D eigenvalue weighted by molar-refractivity contribution is -0.109. The Balaban J connectivity index is 0. The summed E-state index contributed by atoms with van der Waals surface area (Å²) >= 11 is 0. The fourth-order valence-electron chi connectivity index (χ4n) is 0.0833. The summed E-state index contributed by atoms with van der Waals surface area (Å²) in [5.74, 6) is 0. The van der Waals surface area contributed by atoms with Crippen molar-refractivity contribution in [3.05, 3.63) is 0 Å². The topological polar surface area (TPSA) is 49.3 Å². The molecule has 0 radical (unpaired) electrons. The van der Waals surface area contributed by atoms with Crippen molar-refractivity contribution in [2.24, 2.45) is 0 Å². The maximum absolute atomic E-state index is 9.29. The third kappa shape index (κ3) is 31.2. The van der Waals surface area contributed by atoms with Gasteiger partial charge in [-0.2, -0.15) is 0 Å². The number of carbonyl (C=O) groups is 1. The molecule has 0 unspecified atom stereocenters. The van der Waals surface area contributed by atoms with Gasteiger partial charge in [-0.1, -0.05) is 0 Å². The van der Waals surface area contributed by atoms with Crippen molar-refractivity contribution >= 4 is 6.41 Å². The van der Waals surface area contributed by atoms with E-state index in [-0.39, 0.29) is 0 Å². The standard InChI is InChI=1S/C3H7NO.CH4O/c1-2-4-3-5;1-2/h3H,2H2,1H3,(H,4,5);2H,1H3. The van der Waals surface area contributed by atoms with Gasteiger partial charge in [-0.05, 0) is 6.92 Å². The molecule has 3 heteroatoms. The van der Waals surface area contributed by atoms with Gasteiger partial charge in [-0.3, -0.25) is 4.79 Å². The van der Waals surface area contributed by atoms with Crippen LogP contribution in [0.2, 0.25) is 0 Å². The molecule has 0 spiro atoms. The summed E-state index contributed by atoms with van der Waals surface area (Å²) in [5.41, 5.74) is 0. The van der Waals surface area contributed by atoms with Crippen molar-refractivity contribution < 1.29 is 9.90 Å². The number of aliphatic hydroxyl groups is 1. The van der Waals surface area contributed by atoms with Gasteiger partial charge in [0.25, 0.3) is 0 Å².